The fourth-order valence-corrected chi connectivity index (χ4v) is 4.80. The van der Waals surface area contributed by atoms with Gasteiger partial charge in [-0.25, -0.2) is 0 Å². The SMILES string of the molecule is CC1(C)CN=C2c3ccccc3N3CCC(c4ccccc4)C3N2C1.Cl. The van der Waals surface area contributed by atoms with Crippen LogP contribution in [0, 0.1) is 5.41 Å². The van der Waals surface area contributed by atoms with E-state index in [2.05, 4.69) is 78.2 Å². The first-order chi connectivity index (χ1) is 12.1. The number of benzene rings is 2. The molecule has 4 heteroatoms. The lowest BCUT2D eigenvalue weighted by molar-refractivity contribution is 0.184. The third-order valence-corrected chi connectivity index (χ3v) is 5.89. The number of hydrogen-bond donors (Lipinski definition) is 0. The van der Waals surface area contributed by atoms with Gasteiger partial charge in [0, 0.05) is 42.2 Å². The zero-order valence-electron chi connectivity index (χ0n) is 15.4. The lowest BCUT2D eigenvalue weighted by Crippen LogP contribution is -2.59. The molecule has 3 aliphatic rings. The Kier molecular flexibility index (Phi) is 4.23. The number of aliphatic imine (C=N–C) groups is 1. The predicted molar refractivity (Wildman–Crippen MR) is 111 cm³/mol. The van der Waals surface area contributed by atoms with Crippen LogP contribution in [0.5, 0.6) is 0 Å². The van der Waals surface area contributed by atoms with Crippen LogP contribution in [0.25, 0.3) is 0 Å². The van der Waals surface area contributed by atoms with Crippen LogP contribution < -0.4 is 4.90 Å². The van der Waals surface area contributed by atoms with Gasteiger partial charge in [0.05, 0.1) is 0 Å². The van der Waals surface area contributed by atoms with Crippen molar-refractivity contribution in [2.24, 2.45) is 10.4 Å². The molecule has 2 unspecified atom stereocenters. The van der Waals surface area contributed by atoms with E-state index in [1.807, 2.05) is 0 Å². The molecule has 0 bridgehead atoms. The van der Waals surface area contributed by atoms with E-state index in [-0.39, 0.29) is 17.8 Å². The Hall–Kier alpha value is -2.00. The number of hydrogen-bond acceptors (Lipinski definition) is 3. The molecule has 3 heterocycles. The van der Waals surface area contributed by atoms with Gasteiger partial charge in [0.15, 0.2) is 0 Å². The summed E-state index contributed by atoms with van der Waals surface area (Å²) in [6, 6.07) is 19.9. The Balaban J connectivity index is 0.00000168. The average molecular weight is 368 g/mol. The van der Waals surface area contributed by atoms with Crippen LogP contribution in [0.4, 0.5) is 5.69 Å². The normalized spacial score (nSPS) is 25.5. The smallest absolute Gasteiger partial charge is 0.134 e. The number of rotatable bonds is 1. The van der Waals surface area contributed by atoms with E-state index in [9.17, 15) is 0 Å². The molecule has 5 rings (SSSR count). The average Bonchev–Trinajstić information content (AvgIpc) is 3.07. The lowest BCUT2D eigenvalue weighted by Gasteiger charge is -2.50. The van der Waals surface area contributed by atoms with Gasteiger partial charge in [-0.05, 0) is 24.1 Å². The molecule has 2 atom stereocenters. The first-order valence-corrected chi connectivity index (χ1v) is 9.36. The minimum Gasteiger partial charge on any atom is -0.350 e. The fraction of sp³-hybridized carbons (Fsp3) is 0.409. The van der Waals surface area contributed by atoms with Crippen LogP contribution in [0.2, 0.25) is 0 Å². The van der Waals surface area contributed by atoms with Crippen molar-refractivity contribution in [3.05, 3.63) is 65.7 Å². The highest BCUT2D eigenvalue weighted by Crippen LogP contribution is 2.45. The summed E-state index contributed by atoms with van der Waals surface area (Å²) in [6.45, 7) is 7.78. The zero-order chi connectivity index (χ0) is 17.0. The van der Waals surface area contributed by atoms with Gasteiger partial charge < -0.3 is 9.80 Å². The van der Waals surface area contributed by atoms with E-state index in [1.54, 1.807) is 0 Å². The van der Waals surface area contributed by atoms with Crippen molar-refractivity contribution in [3.63, 3.8) is 0 Å². The van der Waals surface area contributed by atoms with Gasteiger partial charge in [-0.1, -0.05) is 56.3 Å². The standard InChI is InChI=1S/C22H25N3.ClH/c1-22(2)14-23-20-18-10-6-7-11-19(18)24-13-12-17(21(24)25(20)15-22)16-8-4-3-5-9-16;/h3-11,17,21H,12-15H2,1-2H3;1H. The Morgan fingerprint density at radius 1 is 0.962 bits per heavy atom. The topological polar surface area (TPSA) is 18.8 Å². The monoisotopic (exact) mass is 367 g/mol. The second-order valence-corrected chi connectivity index (χ2v) is 8.36. The summed E-state index contributed by atoms with van der Waals surface area (Å²) in [7, 11) is 0. The van der Waals surface area contributed by atoms with Crippen LogP contribution in [0.1, 0.15) is 37.3 Å². The summed E-state index contributed by atoms with van der Waals surface area (Å²) in [5.74, 6) is 1.74. The summed E-state index contributed by atoms with van der Waals surface area (Å²) in [6.07, 6.45) is 1.59. The van der Waals surface area contributed by atoms with E-state index in [0.717, 1.165) is 19.6 Å². The van der Waals surface area contributed by atoms with Gasteiger partial charge in [0.25, 0.3) is 0 Å². The summed E-state index contributed by atoms with van der Waals surface area (Å²) in [5, 5.41) is 0. The molecule has 0 aromatic heterocycles. The Morgan fingerprint density at radius 2 is 1.69 bits per heavy atom. The van der Waals surface area contributed by atoms with E-state index in [0.29, 0.717) is 12.1 Å². The predicted octanol–water partition coefficient (Wildman–Crippen LogP) is 4.53. The van der Waals surface area contributed by atoms with Crippen molar-refractivity contribution >= 4 is 23.9 Å². The van der Waals surface area contributed by atoms with Gasteiger partial charge in [-0.15, -0.1) is 12.4 Å². The molecule has 136 valence electrons. The molecule has 0 radical (unpaired) electrons. The van der Waals surface area contributed by atoms with E-state index in [1.165, 1.54) is 29.1 Å². The highest BCUT2D eigenvalue weighted by Gasteiger charge is 2.47. The molecule has 0 saturated carbocycles. The molecular weight excluding hydrogens is 342 g/mol. The molecule has 2 aromatic carbocycles. The third kappa shape index (κ3) is 2.61. The lowest BCUT2D eigenvalue weighted by atomic mass is 9.87. The van der Waals surface area contributed by atoms with E-state index < -0.39 is 0 Å². The maximum absolute atomic E-state index is 5.05. The van der Waals surface area contributed by atoms with Crippen molar-refractivity contribution in [1.82, 2.24) is 4.90 Å². The number of amidine groups is 1. The quantitative estimate of drug-likeness (QED) is 0.737. The summed E-state index contributed by atoms with van der Waals surface area (Å²) in [4.78, 5) is 10.3. The number of fused-ring (bicyclic) bond motifs is 6. The second-order valence-electron chi connectivity index (χ2n) is 8.36. The molecule has 26 heavy (non-hydrogen) atoms. The number of anilines is 1. The summed E-state index contributed by atoms with van der Waals surface area (Å²) in [5.41, 5.74) is 4.35. The number of nitrogens with zero attached hydrogens (tertiary/aromatic N) is 3. The van der Waals surface area contributed by atoms with E-state index >= 15 is 0 Å². The summed E-state index contributed by atoms with van der Waals surface area (Å²) >= 11 is 0. The van der Waals surface area contributed by atoms with Gasteiger partial charge in [0.1, 0.15) is 12.0 Å². The molecule has 0 N–H and O–H groups in total. The molecule has 3 nitrogen and oxygen atoms in total. The molecule has 0 spiro atoms. The number of halogens is 1. The maximum atomic E-state index is 5.05. The number of para-hydroxylation sites is 1. The second kappa shape index (κ2) is 6.31. The minimum atomic E-state index is 0. The van der Waals surface area contributed by atoms with Crippen molar-refractivity contribution in [2.75, 3.05) is 24.5 Å². The van der Waals surface area contributed by atoms with Crippen LogP contribution in [0.3, 0.4) is 0 Å². The maximum Gasteiger partial charge on any atom is 0.134 e. The van der Waals surface area contributed by atoms with Crippen molar-refractivity contribution < 1.29 is 0 Å². The largest absolute Gasteiger partial charge is 0.350 e. The van der Waals surface area contributed by atoms with Crippen molar-refractivity contribution in [2.45, 2.75) is 32.4 Å². The minimum absolute atomic E-state index is 0. The van der Waals surface area contributed by atoms with Crippen LogP contribution in [-0.2, 0) is 0 Å². The van der Waals surface area contributed by atoms with Gasteiger partial charge in [-0.2, -0.15) is 0 Å². The van der Waals surface area contributed by atoms with Crippen molar-refractivity contribution in [3.8, 4) is 0 Å². The van der Waals surface area contributed by atoms with Crippen LogP contribution in [-0.4, -0.2) is 36.5 Å². The fourth-order valence-electron chi connectivity index (χ4n) is 4.80. The first-order valence-electron chi connectivity index (χ1n) is 9.36. The molecule has 1 saturated heterocycles. The van der Waals surface area contributed by atoms with Gasteiger partial charge in [-0.3, -0.25) is 4.99 Å². The first kappa shape index (κ1) is 17.4. The Morgan fingerprint density at radius 3 is 2.50 bits per heavy atom. The molecule has 0 amide bonds. The van der Waals surface area contributed by atoms with E-state index in [4.69, 9.17) is 4.99 Å². The molecule has 1 fully saturated rings. The zero-order valence-corrected chi connectivity index (χ0v) is 16.2. The van der Waals surface area contributed by atoms with Crippen molar-refractivity contribution in [1.29, 1.82) is 0 Å². The van der Waals surface area contributed by atoms with Crippen LogP contribution in [0.15, 0.2) is 59.6 Å². The third-order valence-electron chi connectivity index (χ3n) is 5.89. The van der Waals surface area contributed by atoms with Gasteiger partial charge in [0.2, 0.25) is 0 Å². The molecule has 2 aromatic rings. The Bertz CT molecular complexity index is 830. The highest BCUT2D eigenvalue weighted by molar-refractivity contribution is 6.06. The molecule has 0 aliphatic carbocycles. The molecular formula is C22H26ClN3. The highest BCUT2D eigenvalue weighted by atomic mass is 35.5. The Labute approximate surface area is 162 Å². The molecule has 3 aliphatic heterocycles. The van der Waals surface area contributed by atoms with Gasteiger partial charge >= 0.3 is 0 Å². The van der Waals surface area contributed by atoms with Crippen LogP contribution >= 0.6 is 12.4 Å². The summed E-state index contributed by atoms with van der Waals surface area (Å²) < 4.78 is 0.